The molecule has 0 unspecified atom stereocenters. The standard InChI is InChI=1S/C12H6O2/c1-3-9-5-12(8-14)10(4-2)6-11(9)7-13/h1-2,5-8H. The Labute approximate surface area is 81.9 Å². The van der Waals surface area contributed by atoms with Gasteiger partial charge < -0.3 is 0 Å². The first kappa shape index (κ1) is 9.77. The second-order valence-corrected chi connectivity index (χ2v) is 2.55. The highest BCUT2D eigenvalue weighted by molar-refractivity contribution is 5.86. The van der Waals surface area contributed by atoms with Gasteiger partial charge in [0.05, 0.1) is 0 Å². The van der Waals surface area contributed by atoms with Crippen molar-refractivity contribution in [3.63, 3.8) is 0 Å². The predicted molar refractivity (Wildman–Crippen MR) is 53.1 cm³/mol. The van der Waals surface area contributed by atoms with Crippen LogP contribution in [0.4, 0.5) is 0 Å². The number of aldehydes is 2. The number of carbonyl (C=O) groups is 2. The second kappa shape index (κ2) is 4.07. The molecule has 0 radical (unpaired) electrons. The molecule has 66 valence electrons. The molecular weight excluding hydrogens is 176 g/mol. The van der Waals surface area contributed by atoms with Gasteiger partial charge in [0.25, 0.3) is 0 Å². The van der Waals surface area contributed by atoms with E-state index in [-0.39, 0.29) is 0 Å². The molecule has 14 heavy (non-hydrogen) atoms. The van der Waals surface area contributed by atoms with E-state index in [9.17, 15) is 9.59 Å². The Morgan fingerprint density at radius 2 is 1.29 bits per heavy atom. The van der Waals surface area contributed by atoms with Crippen LogP contribution in [0, 0.1) is 24.7 Å². The second-order valence-electron chi connectivity index (χ2n) is 2.55. The van der Waals surface area contributed by atoms with E-state index in [1.54, 1.807) is 0 Å². The Morgan fingerprint density at radius 1 is 0.929 bits per heavy atom. The SMILES string of the molecule is C#Cc1cc(C=O)c(C#C)cc1C=O. The lowest BCUT2D eigenvalue weighted by Crippen LogP contribution is -1.95. The topological polar surface area (TPSA) is 34.1 Å². The summed E-state index contributed by atoms with van der Waals surface area (Å²) in [5, 5.41) is 0. The van der Waals surface area contributed by atoms with Crippen LogP contribution in [0.25, 0.3) is 0 Å². The van der Waals surface area contributed by atoms with Gasteiger partial charge in [-0.3, -0.25) is 9.59 Å². The molecule has 0 heterocycles. The van der Waals surface area contributed by atoms with Gasteiger partial charge in [-0.05, 0) is 12.1 Å². The van der Waals surface area contributed by atoms with Crippen LogP contribution < -0.4 is 0 Å². The quantitative estimate of drug-likeness (QED) is 0.510. The van der Waals surface area contributed by atoms with Gasteiger partial charge >= 0.3 is 0 Å². The summed E-state index contributed by atoms with van der Waals surface area (Å²) in [6, 6.07) is 2.87. The zero-order valence-corrected chi connectivity index (χ0v) is 7.28. The third-order valence-corrected chi connectivity index (χ3v) is 1.79. The lowest BCUT2D eigenvalue weighted by Gasteiger charge is -2.01. The minimum Gasteiger partial charge on any atom is -0.298 e. The molecule has 0 bridgehead atoms. The largest absolute Gasteiger partial charge is 0.298 e. The third kappa shape index (κ3) is 1.55. The molecule has 0 N–H and O–H groups in total. The van der Waals surface area contributed by atoms with E-state index >= 15 is 0 Å². The first-order valence-electron chi connectivity index (χ1n) is 3.78. The smallest absolute Gasteiger partial charge is 0.151 e. The molecule has 0 amide bonds. The number of terminal acetylenes is 2. The van der Waals surface area contributed by atoms with E-state index in [1.807, 2.05) is 0 Å². The first-order valence-corrected chi connectivity index (χ1v) is 3.78. The van der Waals surface area contributed by atoms with Crippen LogP contribution >= 0.6 is 0 Å². The summed E-state index contributed by atoms with van der Waals surface area (Å²) < 4.78 is 0. The summed E-state index contributed by atoms with van der Waals surface area (Å²) in [6.07, 6.45) is 11.6. The molecule has 0 atom stereocenters. The Bertz CT molecular complexity index is 425. The normalized spacial score (nSPS) is 8.43. The van der Waals surface area contributed by atoms with Crippen molar-refractivity contribution >= 4 is 12.6 Å². The fourth-order valence-corrected chi connectivity index (χ4v) is 1.08. The lowest BCUT2D eigenvalue weighted by molar-refractivity contribution is 0.111. The molecule has 0 aliphatic rings. The number of rotatable bonds is 2. The highest BCUT2D eigenvalue weighted by atomic mass is 16.1. The molecule has 2 nitrogen and oxygen atoms in total. The Balaban J connectivity index is 3.54. The van der Waals surface area contributed by atoms with E-state index in [2.05, 4.69) is 11.8 Å². The summed E-state index contributed by atoms with van der Waals surface area (Å²) in [4.78, 5) is 21.2. The van der Waals surface area contributed by atoms with Crippen molar-refractivity contribution in [3.8, 4) is 24.7 Å². The maximum Gasteiger partial charge on any atom is 0.151 e. The molecule has 1 aromatic carbocycles. The van der Waals surface area contributed by atoms with Crippen molar-refractivity contribution in [3.05, 3.63) is 34.4 Å². The molecule has 0 aliphatic heterocycles. The van der Waals surface area contributed by atoms with Crippen LogP contribution in [-0.2, 0) is 0 Å². The average molecular weight is 182 g/mol. The summed E-state index contributed by atoms with van der Waals surface area (Å²) in [7, 11) is 0. The summed E-state index contributed by atoms with van der Waals surface area (Å²) in [5.41, 5.74) is 1.40. The fourth-order valence-electron chi connectivity index (χ4n) is 1.08. The average Bonchev–Trinajstić information content (AvgIpc) is 2.26. The molecule has 1 rings (SSSR count). The van der Waals surface area contributed by atoms with E-state index in [4.69, 9.17) is 12.8 Å². The molecule has 0 saturated carbocycles. The molecule has 0 saturated heterocycles. The number of hydrogen-bond donors (Lipinski definition) is 0. The molecule has 0 aromatic heterocycles. The van der Waals surface area contributed by atoms with Gasteiger partial charge in [-0.15, -0.1) is 12.8 Å². The molecular formula is C12H6O2. The summed E-state index contributed by atoms with van der Waals surface area (Å²) in [6.45, 7) is 0. The van der Waals surface area contributed by atoms with Crippen LogP contribution in [-0.4, -0.2) is 12.6 Å². The van der Waals surface area contributed by atoms with Crippen LogP contribution in [0.3, 0.4) is 0 Å². The van der Waals surface area contributed by atoms with E-state index in [0.717, 1.165) is 0 Å². The molecule has 2 heteroatoms. The summed E-state index contributed by atoms with van der Waals surface area (Å²) >= 11 is 0. The molecule has 0 spiro atoms. The van der Waals surface area contributed by atoms with Crippen molar-refractivity contribution in [2.75, 3.05) is 0 Å². The van der Waals surface area contributed by atoms with Crippen molar-refractivity contribution in [1.82, 2.24) is 0 Å². The minimum atomic E-state index is 0.325. The maximum atomic E-state index is 10.6. The van der Waals surface area contributed by atoms with Gasteiger partial charge in [-0.1, -0.05) is 11.8 Å². The minimum absolute atomic E-state index is 0.325. The van der Waals surface area contributed by atoms with Crippen molar-refractivity contribution < 1.29 is 9.59 Å². The van der Waals surface area contributed by atoms with Gasteiger partial charge in [0.15, 0.2) is 12.6 Å². The van der Waals surface area contributed by atoms with Crippen LogP contribution in [0.15, 0.2) is 12.1 Å². The Hall–Kier alpha value is -2.32. The van der Waals surface area contributed by atoms with Crippen molar-refractivity contribution in [1.29, 1.82) is 0 Å². The van der Waals surface area contributed by atoms with Crippen LogP contribution in [0.5, 0.6) is 0 Å². The summed E-state index contributed by atoms with van der Waals surface area (Å²) in [5.74, 6) is 4.63. The lowest BCUT2D eigenvalue weighted by atomic mass is 10.0. The maximum absolute atomic E-state index is 10.6. The van der Waals surface area contributed by atoms with Crippen LogP contribution in [0.2, 0.25) is 0 Å². The van der Waals surface area contributed by atoms with Crippen molar-refractivity contribution in [2.24, 2.45) is 0 Å². The molecule has 1 aromatic rings. The van der Waals surface area contributed by atoms with Gasteiger partial charge in [-0.2, -0.15) is 0 Å². The fraction of sp³-hybridized carbons (Fsp3) is 0. The molecule has 0 fully saturated rings. The predicted octanol–water partition coefficient (Wildman–Crippen LogP) is 1.27. The van der Waals surface area contributed by atoms with E-state index in [0.29, 0.717) is 34.8 Å². The van der Waals surface area contributed by atoms with Crippen LogP contribution in [0.1, 0.15) is 31.8 Å². The Morgan fingerprint density at radius 3 is 1.50 bits per heavy atom. The monoisotopic (exact) mass is 182 g/mol. The van der Waals surface area contributed by atoms with Gasteiger partial charge in [0.2, 0.25) is 0 Å². The number of benzene rings is 1. The molecule has 0 aliphatic carbocycles. The zero-order valence-electron chi connectivity index (χ0n) is 7.28. The van der Waals surface area contributed by atoms with Gasteiger partial charge in [0.1, 0.15) is 0 Å². The van der Waals surface area contributed by atoms with E-state index < -0.39 is 0 Å². The highest BCUT2D eigenvalue weighted by Crippen LogP contribution is 2.13. The first-order chi connectivity index (χ1) is 6.76. The Kier molecular flexibility index (Phi) is 2.84. The highest BCUT2D eigenvalue weighted by Gasteiger charge is 2.05. The number of hydrogen-bond acceptors (Lipinski definition) is 2. The van der Waals surface area contributed by atoms with Gasteiger partial charge in [-0.25, -0.2) is 0 Å². The number of carbonyl (C=O) groups excluding carboxylic acids is 2. The van der Waals surface area contributed by atoms with Gasteiger partial charge in [0, 0.05) is 22.3 Å². The third-order valence-electron chi connectivity index (χ3n) is 1.79. The van der Waals surface area contributed by atoms with Crippen molar-refractivity contribution in [2.45, 2.75) is 0 Å². The van der Waals surface area contributed by atoms with E-state index in [1.165, 1.54) is 12.1 Å². The zero-order chi connectivity index (χ0) is 10.6.